The molecular weight excluding hydrogens is 216 g/mol. The Morgan fingerprint density at radius 2 is 1.94 bits per heavy atom. The van der Waals surface area contributed by atoms with Crippen LogP contribution in [0.15, 0.2) is 0 Å². The van der Waals surface area contributed by atoms with Gasteiger partial charge in [0.15, 0.2) is 0 Å². The number of amides is 2. The lowest BCUT2D eigenvalue weighted by molar-refractivity contribution is 0.0439. The van der Waals surface area contributed by atoms with Crippen LogP contribution in [0.5, 0.6) is 0 Å². The van der Waals surface area contributed by atoms with Gasteiger partial charge in [0, 0.05) is 12.6 Å². The summed E-state index contributed by atoms with van der Waals surface area (Å²) in [7, 11) is 0. The highest BCUT2D eigenvalue weighted by atomic mass is 16.5. The number of nitrogens with one attached hydrogen (secondary N) is 1. The Morgan fingerprint density at radius 3 is 2.53 bits per heavy atom. The Morgan fingerprint density at radius 1 is 1.18 bits per heavy atom. The summed E-state index contributed by atoms with van der Waals surface area (Å²) in [6, 6.07) is 0.892. The zero-order valence-electron chi connectivity index (χ0n) is 10.4. The molecule has 96 valence electrons. The van der Waals surface area contributed by atoms with Crippen molar-refractivity contribution in [3.8, 4) is 0 Å². The summed E-state index contributed by atoms with van der Waals surface area (Å²) in [5, 5.41) is 3.22. The number of hydrogen-bond acceptors (Lipinski definition) is 2. The van der Waals surface area contributed by atoms with Gasteiger partial charge in [-0.25, -0.2) is 4.79 Å². The molecule has 1 aliphatic carbocycles. The third-order valence-corrected chi connectivity index (χ3v) is 4.34. The van der Waals surface area contributed by atoms with Crippen LogP contribution in [-0.2, 0) is 4.74 Å². The number of urea groups is 1. The summed E-state index contributed by atoms with van der Waals surface area (Å²) in [6.45, 7) is 1.53. The molecule has 17 heavy (non-hydrogen) atoms. The average molecular weight is 238 g/mol. The molecule has 4 heteroatoms. The van der Waals surface area contributed by atoms with Crippen LogP contribution < -0.4 is 5.32 Å². The summed E-state index contributed by atoms with van der Waals surface area (Å²) < 4.78 is 5.52. The molecule has 0 aromatic heterocycles. The van der Waals surface area contributed by atoms with Crippen molar-refractivity contribution >= 4 is 6.03 Å². The first kappa shape index (κ1) is 11.3. The van der Waals surface area contributed by atoms with Crippen molar-refractivity contribution in [2.24, 2.45) is 0 Å². The van der Waals surface area contributed by atoms with E-state index in [1.54, 1.807) is 0 Å². The van der Waals surface area contributed by atoms with Gasteiger partial charge in [0.2, 0.25) is 0 Å². The summed E-state index contributed by atoms with van der Waals surface area (Å²) in [6.07, 6.45) is 8.84. The van der Waals surface area contributed by atoms with E-state index < -0.39 is 0 Å². The first-order chi connectivity index (χ1) is 8.33. The maximum absolute atomic E-state index is 12.2. The molecule has 0 spiro atoms. The van der Waals surface area contributed by atoms with E-state index >= 15 is 0 Å². The van der Waals surface area contributed by atoms with Crippen molar-refractivity contribution < 1.29 is 9.53 Å². The normalized spacial score (nSPS) is 33.8. The molecule has 3 fully saturated rings. The van der Waals surface area contributed by atoms with Crippen LogP contribution >= 0.6 is 0 Å². The van der Waals surface area contributed by atoms with Gasteiger partial charge >= 0.3 is 6.03 Å². The van der Waals surface area contributed by atoms with Crippen LogP contribution in [0.25, 0.3) is 0 Å². The summed E-state index contributed by atoms with van der Waals surface area (Å²) in [5.74, 6) is 0. The highest BCUT2D eigenvalue weighted by Gasteiger charge is 2.41. The van der Waals surface area contributed by atoms with Gasteiger partial charge in [-0.1, -0.05) is 25.7 Å². The molecule has 0 aromatic rings. The Hall–Kier alpha value is -0.770. The monoisotopic (exact) mass is 238 g/mol. The van der Waals surface area contributed by atoms with Crippen LogP contribution in [0.2, 0.25) is 0 Å². The minimum Gasteiger partial charge on any atom is -0.374 e. The number of fused-ring (bicyclic) bond motifs is 2. The molecule has 4 nitrogen and oxygen atoms in total. The van der Waals surface area contributed by atoms with E-state index in [4.69, 9.17) is 4.74 Å². The Labute approximate surface area is 103 Å². The lowest BCUT2D eigenvalue weighted by Gasteiger charge is -2.29. The Kier molecular flexibility index (Phi) is 3.23. The topological polar surface area (TPSA) is 41.6 Å². The van der Waals surface area contributed by atoms with Crippen molar-refractivity contribution in [3.63, 3.8) is 0 Å². The molecule has 2 amide bonds. The van der Waals surface area contributed by atoms with Crippen LogP contribution in [0, 0.1) is 0 Å². The third kappa shape index (κ3) is 2.41. The summed E-state index contributed by atoms with van der Waals surface area (Å²) >= 11 is 0. The molecule has 2 bridgehead atoms. The van der Waals surface area contributed by atoms with Crippen LogP contribution in [0.3, 0.4) is 0 Å². The molecule has 0 radical (unpaired) electrons. The van der Waals surface area contributed by atoms with E-state index in [2.05, 4.69) is 5.32 Å². The van der Waals surface area contributed by atoms with E-state index in [-0.39, 0.29) is 6.03 Å². The molecule has 1 saturated carbocycles. The van der Waals surface area contributed by atoms with Crippen LogP contribution in [-0.4, -0.2) is 42.3 Å². The molecule has 1 N–H and O–H groups in total. The van der Waals surface area contributed by atoms with Gasteiger partial charge in [0.25, 0.3) is 0 Å². The third-order valence-electron chi connectivity index (χ3n) is 4.34. The second-order valence-corrected chi connectivity index (χ2v) is 5.64. The van der Waals surface area contributed by atoms with Gasteiger partial charge in [-0.3, -0.25) is 0 Å². The number of nitrogens with zero attached hydrogens (tertiary/aromatic N) is 1. The van der Waals surface area contributed by atoms with Gasteiger partial charge in [-0.15, -0.1) is 0 Å². The number of morpholine rings is 1. The van der Waals surface area contributed by atoms with E-state index in [9.17, 15) is 4.79 Å². The molecule has 2 saturated heterocycles. The summed E-state index contributed by atoms with van der Waals surface area (Å²) in [4.78, 5) is 14.2. The average Bonchev–Trinajstić information content (AvgIpc) is 2.87. The van der Waals surface area contributed by atoms with Crippen molar-refractivity contribution in [2.75, 3.05) is 13.2 Å². The fourth-order valence-electron chi connectivity index (χ4n) is 3.33. The van der Waals surface area contributed by atoms with Gasteiger partial charge in [0.1, 0.15) is 0 Å². The smallest absolute Gasteiger partial charge is 0.318 e. The number of likely N-dealkylation sites (tertiary alicyclic amines) is 1. The van der Waals surface area contributed by atoms with Crippen LogP contribution in [0.4, 0.5) is 4.79 Å². The molecule has 0 unspecified atom stereocenters. The standard InChI is InChI=1S/C13H22N2O2/c16-13(14-10-5-3-1-2-4-6-10)15-8-12-7-11(15)9-17-12/h10-12H,1-9H2,(H,14,16)/t11-,12+/m0/s1. The lowest BCUT2D eigenvalue weighted by Crippen LogP contribution is -2.49. The number of rotatable bonds is 1. The van der Waals surface area contributed by atoms with Crippen molar-refractivity contribution in [2.45, 2.75) is 63.1 Å². The predicted molar refractivity (Wildman–Crippen MR) is 64.9 cm³/mol. The van der Waals surface area contributed by atoms with Crippen molar-refractivity contribution in [3.05, 3.63) is 0 Å². The zero-order valence-corrected chi connectivity index (χ0v) is 10.4. The van der Waals surface area contributed by atoms with E-state index in [1.165, 1.54) is 25.7 Å². The quantitative estimate of drug-likeness (QED) is 0.709. The first-order valence-electron chi connectivity index (χ1n) is 7.01. The van der Waals surface area contributed by atoms with Gasteiger partial charge < -0.3 is 15.0 Å². The maximum atomic E-state index is 12.2. The Bertz CT molecular complexity index is 287. The number of hydrogen-bond donors (Lipinski definition) is 1. The molecule has 2 heterocycles. The maximum Gasteiger partial charge on any atom is 0.318 e. The molecule has 0 aromatic carbocycles. The predicted octanol–water partition coefficient (Wildman–Crippen LogP) is 1.89. The van der Waals surface area contributed by atoms with Gasteiger partial charge in [0.05, 0.1) is 18.8 Å². The van der Waals surface area contributed by atoms with Crippen molar-refractivity contribution in [1.29, 1.82) is 0 Å². The lowest BCUT2D eigenvalue weighted by atomic mass is 10.1. The van der Waals surface area contributed by atoms with Crippen LogP contribution in [0.1, 0.15) is 44.9 Å². The van der Waals surface area contributed by atoms with Crippen molar-refractivity contribution in [1.82, 2.24) is 10.2 Å². The first-order valence-corrected chi connectivity index (χ1v) is 7.01. The molecule has 2 atom stereocenters. The molecule has 3 rings (SSSR count). The fourth-order valence-corrected chi connectivity index (χ4v) is 3.33. The zero-order chi connectivity index (χ0) is 11.7. The van der Waals surface area contributed by atoms with E-state index in [0.717, 1.165) is 32.4 Å². The molecule has 3 aliphatic rings. The highest BCUT2D eigenvalue weighted by Crippen LogP contribution is 2.28. The van der Waals surface area contributed by atoms with E-state index in [1.807, 2.05) is 4.90 Å². The highest BCUT2D eigenvalue weighted by molar-refractivity contribution is 5.75. The number of carbonyl (C=O) groups excluding carboxylic acids is 1. The minimum atomic E-state index is 0.146. The second-order valence-electron chi connectivity index (χ2n) is 5.64. The summed E-state index contributed by atoms with van der Waals surface area (Å²) in [5.41, 5.74) is 0. The van der Waals surface area contributed by atoms with E-state index in [0.29, 0.717) is 18.2 Å². The van der Waals surface area contributed by atoms with Gasteiger partial charge in [-0.2, -0.15) is 0 Å². The number of carbonyl (C=O) groups is 1. The largest absolute Gasteiger partial charge is 0.374 e. The second kappa shape index (κ2) is 4.84. The molecule has 2 aliphatic heterocycles. The SMILES string of the molecule is O=C(NC1CCCCCC1)N1C[C@H]2C[C@H]1CO2. The Balaban J connectivity index is 1.52. The number of ether oxygens (including phenoxy) is 1. The fraction of sp³-hybridized carbons (Fsp3) is 0.923. The molecular formula is C13H22N2O2. The van der Waals surface area contributed by atoms with Gasteiger partial charge in [-0.05, 0) is 19.3 Å². The minimum absolute atomic E-state index is 0.146.